The maximum atomic E-state index is 9.80. The number of carbonyl (C=O) groups is 2. The third-order valence-electron chi connectivity index (χ3n) is 0.349. The van der Waals surface area contributed by atoms with Crippen molar-refractivity contribution >= 4 is 11.9 Å². The number of hydrogen-bond donors (Lipinski definition) is 2. The van der Waals surface area contributed by atoms with E-state index < -0.39 is 11.9 Å². The third kappa shape index (κ3) is 7.60. The molecule has 0 heterocycles. The van der Waals surface area contributed by atoms with Crippen molar-refractivity contribution in [3.63, 3.8) is 0 Å². The van der Waals surface area contributed by atoms with Crippen molar-refractivity contribution in [3.05, 3.63) is 0 Å². The van der Waals surface area contributed by atoms with Crippen molar-refractivity contribution in [2.75, 3.05) is 0 Å². The first-order valence-corrected chi connectivity index (χ1v) is 4.21. The molecule has 0 rings (SSSR count). The Morgan fingerprint density at radius 2 is 1.44 bits per heavy atom. The van der Waals surface area contributed by atoms with Gasteiger partial charge in [0.2, 0.25) is 0 Å². The molecule has 0 aromatic rings. The Balaban J connectivity index is 3.10. The van der Waals surface area contributed by atoms with Crippen LogP contribution in [0.25, 0.3) is 0 Å². The summed E-state index contributed by atoms with van der Waals surface area (Å²) >= 11 is -0.181. The topological polar surface area (TPSA) is 74.6 Å². The Hall–Kier alpha value is -0.398. The monoisotopic (exact) mass is 224 g/mol. The molecular formula is C4H6O4Pd. The van der Waals surface area contributed by atoms with Gasteiger partial charge in [0.05, 0.1) is 0 Å². The van der Waals surface area contributed by atoms with Gasteiger partial charge in [-0.15, -0.1) is 0 Å². The predicted octanol–water partition coefficient (Wildman–Crippen LogP) is 0.0747. The zero-order valence-corrected chi connectivity index (χ0v) is 6.00. The molecule has 0 bridgehead atoms. The summed E-state index contributed by atoms with van der Waals surface area (Å²) in [6, 6.07) is 0. The summed E-state index contributed by atoms with van der Waals surface area (Å²) in [5.41, 5.74) is 0. The van der Waals surface area contributed by atoms with E-state index in [1.54, 1.807) is 0 Å². The van der Waals surface area contributed by atoms with Gasteiger partial charge in [-0.05, 0) is 0 Å². The quantitative estimate of drug-likeness (QED) is 0.663. The van der Waals surface area contributed by atoms with Gasteiger partial charge in [-0.1, -0.05) is 0 Å². The van der Waals surface area contributed by atoms with Crippen LogP contribution in [-0.4, -0.2) is 22.2 Å². The van der Waals surface area contributed by atoms with Gasteiger partial charge in [0.15, 0.2) is 0 Å². The second-order valence-electron chi connectivity index (χ2n) is 1.17. The van der Waals surface area contributed by atoms with Crippen LogP contribution in [0.4, 0.5) is 0 Å². The van der Waals surface area contributed by atoms with E-state index in [0.29, 0.717) is 0 Å². The van der Waals surface area contributed by atoms with E-state index in [-0.39, 0.29) is 27.8 Å². The van der Waals surface area contributed by atoms with E-state index in [9.17, 15) is 9.59 Å². The molecule has 0 aromatic heterocycles. The summed E-state index contributed by atoms with van der Waals surface area (Å²) in [7, 11) is 0. The molecule has 0 atom stereocenters. The van der Waals surface area contributed by atoms with Crippen LogP contribution in [0, 0.1) is 0 Å². The molecule has 0 aliphatic heterocycles. The van der Waals surface area contributed by atoms with Gasteiger partial charge in [0.25, 0.3) is 0 Å². The van der Waals surface area contributed by atoms with E-state index in [4.69, 9.17) is 10.2 Å². The third-order valence-corrected chi connectivity index (χ3v) is 2.07. The first kappa shape index (κ1) is 8.60. The van der Waals surface area contributed by atoms with E-state index in [1.807, 2.05) is 0 Å². The van der Waals surface area contributed by atoms with E-state index >= 15 is 0 Å². The molecule has 5 heteroatoms. The molecule has 0 amide bonds. The molecule has 0 saturated carbocycles. The van der Waals surface area contributed by atoms with Gasteiger partial charge in [-0.2, -0.15) is 0 Å². The molecule has 0 aliphatic rings. The van der Waals surface area contributed by atoms with Crippen molar-refractivity contribution in [2.45, 2.75) is 9.79 Å². The summed E-state index contributed by atoms with van der Waals surface area (Å²) in [6.45, 7) is 0. The van der Waals surface area contributed by atoms with Crippen molar-refractivity contribution in [1.82, 2.24) is 0 Å². The number of hydrogen-bond acceptors (Lipinski definition) is 2. The van der Waals surface area contributed by atoms with Gasteiger partial charge >= 0.3 is 59.5 Å². The second kappa shape index (κ2) is 4.48. The van der Waals surface area contributed by atoms with E-state index in [0.717, 1.165) is 0 Å². The fourth-order valence-corrected chi connectivity index (χ4v) is 1.03. The van der Waals surface area contributed by atoms with E-state index in [1.165, 1.54) is 0 Å². The zero-order valence-electron chi connectivity index (χ0n) is 4.44. The van der Waals surface area contributed by atoms with Crippen molar-refractivity contribution < 1.29 is 37.8 Å². The normalized spacial score (nSPS) is 9.33. The molecule has 0 spiro atoms. The Kier molecular flexibility index (Phi) is 4.28. The minimum absolute atomic E-state index is 0.0132. The van der Waals surface area contributed by atoms with Crippen LogP contribution in [0.2, 0.25) is 9.79 Å². The van der Waals surface area contributed by atoms with Crippen LogP contribution in [0.5, 0.6) is 0 Å². The van der Waals surface area contributed by atoms with Gasteiger partial charge in [0, 0.05) is 0 Å². The summed E-state index contributed by atoms with van der Waals surface area (Å²) in [4.78, 5) is 19.6. The van der Waals surface area contributed by atoms with Crippen LogP contribution in [0.3, 0.4) is 0 Å². The molecule has 0 saturated heterocycles. The molecule has 2 N–H and O–H groups in total. The Labute approximate surface area is 60.0 Å². The van der Waals surface area contributed by atoms with Crippen LogP contribution in [-0.2, 0) is 27.6 Å². The minimum atomic E-state index is -0.926. The zero-order chi connectivity index (χ0) is 7.28. The molecular weight excluding hydrogens is 218 g/mol. The molecule has 0 aromatic carbocycles. The number of rotatable bonds is 4. The molecule has 0 aliphatic carbocycles. The number of aliphatic carboxylic acids is 2. The second-order valence-corrected chi connectivity index (χ2v) is 3.05. The van der Waals surface area contributed by atoms with Gasteiger partial charge in [-0.25, -0.2) is 0 Å². The number of carboxylic acids is 2. The fraction of sp³-hybridized carbons (Fsp3) is 0.500. The average Bonchev–Trinajstić information content (AvgIpc) is 1.63. The summed E-state index contributed by atoms with van der Waals surface area (Å²) in [5.74, 6) is -1.85. The number of carboxylic acid groups (broad SMARTS) is 2. The van der Waals surface area contributed by atoms with Gasteiger partial charge in [0.1, 0.15) is 0 Å². The molecule has 0 fully saturated rings. The maximum absolute atomic E-state index is 9.80. The SMILES string of the molecule is O=C(O)[CH2][Pd][CH2]C(=O)O. The van der Waals surface area contributed by atoms with Gasteiger partial charge < -0.3 is 0 Å². The fourth-order valence-electron chi connectivity index (χ4n) is 0.175. The van der Waals surface area contributed by atoms with Crippen LogP contribution >= 0.6 is 0 Å². The Morgan fingerprint density at radius 1 is 1.11 bits per heavy atom. The van der Waals surface area contributed by atoms with Crippen molar-refractivity contribution in [2.24, 2.45) is 0 Å². The standard InChI is InChI=1S/2C2H3O2.Pd/c2*1-2(3)4;/h2*1H2,(H,3,4);. The molecule has 0 unspecified atom stereocenters. The summed E-state index contributed by atoms with van der Waals surface area (Å²) < 4.78 is 0. The molecule has 4 nitrogen and oxygen atoms in total. The predicted molar refractivity (Wildman–Crippen MR) is 24.9 cm³/mol. The summed E-state index contributed by atoms with van der Waals surface area (Å²) in [5, 5.41) is 16.1. The Bertz CT molecular complexity index is 108. The Morgan fingerprint density at radius 3 is 1.67 bits per heavy atom. The average molecular weight is 225 g/mol. The molecule has 0 radical (unpaired) electrons. The van der Waals surface area contributed by atoms with Gasteiger partial charge in [-0.3, -0.25) is 0 Å². The van der Waals surface area contributed by atoms with Crippen LogP contribution in [0.1, 0.15) is 0 Å². The van der Waals surface area contributed by atoms with E-state index in [2.05, 4.69) is 0 Å². The first-order chi connectivity index (χ1) is 4.13. The van der Waals surface area contributed by atoms with Crippen molar-refractivity contribution in [3.8, 4) is 0 Å². The molecule has 9 heavy (non-hydrogen) atoms. The first-order valence-electron chi connectivity index (χ1n) is 2.01. The molecule has 56 valence electrons. The van der Waals surface area contributed by atoms with Crippen LogP contribution < -0.4 is 0 Å². The summed E-state index contributed by atoms with van der Waals surface area (Å²) in [6.07, 6.45) is 0. The van der Waals surface area contributed by atoms with Crippen LogP contribution in [0.15, 0.2) is 0 Å². The van der Waals surface area contributed by atoms with Crippen molar-refractivity contribution in [1.29, 1.82) is 0 Å².